The molecule has 2 heteroatoms. The molecule has 0 aliphatic rings. The van der Waals surface area contributed by atoms with Crippen molar-refractivity contribution in [3.63, 3.8) is 0 Å². The lowest BCUT2D eigenvalue weighted by molar-refractivity contribution is -0.633. The Hall–Kier alpha value is -4.69. The maximum atomic E-state index is 2.58. The van der Waals surface area contributed by atoms with Crippen LogP contribution in [0, 0.1) is 34.6 Å². The minimum absolute atomic E-state index is 0.0164. The van der Waals surface area contributed by atoms with E-state index in [9.17, 15) is 0 Å². The molecule has 0 amide bonds. The first kappa shape index (κ1) is 30.9. The first-order valence-electron chi connectivity index (χ1n) is 17.2. The molecule has 7 rings (SSSR count). The fourth-order valence-electron chi connectivity index (χ4n) is 8.16. The lowest BCUT2D eigenvalue weighted by Gasteiger charge is -2.30. The third-order valence-corrected chi connectivity index (χ3v) is 11.1. The summed E-state index contributed by atoms with van der Waals surface area (Å²) in [6.07, 6.45) is 2.14. The molecule has 0 atom stereocenters. The molecule has 2 nitrogen and oxygen atoms in total. The fourth-order valence-corrected chi connectivity index (χ4v) is 8.16. The van der Waals surface area contributed by atoms with Crippen molar-refractivity contribution in [3.05, 3.63) is 130 Å². The van der Waals surface area contributed by atoms with Crippen molar-refractivity contribution in [2.45, 2.75) is 73.6 Å². The minimum atomic E-state index is 0.0164. The third kappa shape index (κ3) is 4.64. The molecule has 47 heavy (non-hydrogen) atoms. The molecule has 0 fully saturated rings. The van der Waals surface area contributed by atoms with Crippen LogP contribution < -0.4 is 4.57 Å². The van der Waals surface area contributed by atoms with Crippen LogP contribution in [0.3, 0.4) is 0 Å². The lowest BCUT2D eigenvalue weighted by atomic mass is 9.74. The van der Waals surface area contributed by atoms with E-state index in [0.29, 0.717) is 0 Å². The number of nitrogens with zero attached hydrogens (tertiary/aromatic N) is 2. The molecule has 0 saturated carbocycles. The number of aryl methyl sites for hydroxylation is 6. The van der Waals surface area contributed by atoms with Crippen LogP contribution in [0.25, 0.3) is 60.8 Å². The van der Waals surface area contributed by atoms with Gasteiger partial charge in [-0.1, -0.05) is 111 Å². The molecule has 1 aromatic heterocycles. The summed E-state index contributed by atoms with van der Waals surface area (Å²) in [5.41, 5.74) is 15.6. The van der Waals surface area contributed by atoms with Gasteiger partial charge in [-0.05, 0) is 109 Å². The van der Waals surface area contributed by atoms with E-state index in [1.54, 1.807) is 0 Å². The van der Waals surface area contributed by atoms with Crippen molar-refractivity contribution in [2.24, 2.45) is 7.05 Å². The van der Waals surface area contributed by atoms with E-state index in [1.807, 2.05) is 0 Å². The first-order chi connectivity index (χ1) is 22.6. The molecule has 6 aromatic carbocycles. The second kappa shape index (κ2) is 11.5. The molecular formula is C45H47N2+. The summed E-state index contributed by atoms with van der Waals surface area (Å²) >= 11 is 0. The zero-order chi connectivity index (χ0) is 33.2. The van der Waals surface area contributed by atoms with Crippen molar-refractivity contribution in [1.82, 2.24) is 4.57 Å². The largest absolute Gasteiger partial charge is 0.295 e. The standard InChI is InChI=1S/C45H47N2/c1-10-45(8,11-2)37-25-24-35(33-21-15-12-18-29(33)4)40-36-27-28(3)26-32(7)39(36)43-42(41(37)40)46(9)44(34-22-16-13-19-30(34)5)47(43)38-23-17-14-20-31(38)6/h12-27H,10-11H2,1-9H3/q+1. The SMILES string of the molecule is CCC(C)(CC)c1ccc(-c2ccccc2C)c2c3cc(C)cc(C)c3c3c(c12)[n+](C)c(-c1ccccc1C)n3-c1ccccc1C. The normalized spacial score (nSPS) is 12.1. The molecule has 0 unspecified atom stereocenters. The summed E-state index contributed by atoms with van der Waals surface area (Å²) in [6, 6.07) is 36.3. The van der Waals surface area contributed by atoms with Gasteiger partial charge in [-0.25, -0.2) is 4.57 Å². The van der Waals surface area contributed by atoms with Crippen molar-refractivity contribution >= 4 is 32.6 Å². The number of hydrogen-bond acceptors (Lipinski definition) is 0. The molecule has 0 spiro atoms. The van der Waals surface area contributed by atoms with E-state index in [-0.39, 0.29) is 5.41 Å². The van der Waals surface area contributed by atoms with Gasteiger partial charge in [-0.15, -0.1) is 0 Å². The summed E-state index contributed by atoms with van der Waals surface area (Å²) in [6.45, 7) is 18.5. The van der Waals surface area contributed by atoms with Crippen molar-refractivity contribution < 1.29 is 4.57 Å². The van der Waals surface area contributed by atoms with Gasteiger partial charge in [0, 0.05) is 16.2 Å². The van der Waals surface area contributed by atoms with Crippen LogP contribution in [0.1, 0.15) is 67.0 Å². The van der Waals surface area contributed by atoms with E-state index in [4.69, 9.17) is 0 Å². The van der Waals surface area contributed by atoms with E-state index in [0.717, 1.165) is 12.8 Å². The second-order valence-electron chi connectivity index (χ2n) is 14.0. The summed E-state index contributed by atoms with van der Waals surface area (Å²) in [5, 5.41) is 5.42. The summed E-state index contributed by atoms with van der Waals surface area (Å²) in [4.78, 5) is 0. The number of fused-ring (bicyclic) bond motifs is 6. The maximum Gasteiger partial charge on any atom is 0.295 e. The van der Waals surface area contributed by atoms with Crippen molar-refractivity contribution in [3.8, 4) is 28.2 Å². The van der Waals surface area contributed by atoms with Gasteiger partial charge in [-0.2, -0.15) is 4.57 Å². The van der Waals surface area contributed by atoms with Crippen LogP contribution in [0.2, 0.25) is 0 Å². The highest BCUT2D eigenvalue weighted by molar-refractivity contribution is 6.28. The first-order valence-corrected chi connectivity index (χ1v) is 17.2. The van der Waals surface area contributed by atoms with Crippen molar-refractivity contribution in [1.29, 1.82) is 0 Å². The van der Waals surface area contributed by atoms with Gasteiger partial charge >= 0.3 is 0 Å². The molecule has 1 heterocycles. The Balaban J connectivity index is 1.89. The highest BCUT2D eigenvalue weighted by Gasteiger charge is 2.36. The van der Waals surface area contributed by atoms with Crippen LogP contribution >= 0.6 is 0 Å². The van der Waals surface area contributed by atoms with Crippen LogP contribution in [0.15, 0.2) is 97.1 Å². The molecule has 7 aromatic rings. The molecule has 236 valence electrons. The number of imidazole rings is 1. The zero-order valence-electron chi connectivity index (χ0n) is 29.5. The van der Waals surface area contributed by atoms with Crippen LogP contribution in [-0.4, -0.2) is 4.57 Å². The van der Waals surface area contributed by atoms with E-state index >= 15 is 0 Å². The second-order valence-corrected chi connectivity index (χ2v) is 14.0. The Bertz CT molecular complexity index is 2350. The van der Waals surface area contributed by atoms with Crippen LogP contribution in [0.4, 0.5) is 0 Å². The maximum absolute atomic E-state index is 2.58. The topological polar surface area (TPSA) is 8.81 Å². The summed E-state index contributed by atoms with van der Waals surface area (Å²) in [7, 11) is 2.30. The Kier molecular flexibility index (Phi) is 7.59. The number of rotatable bonds is 6. The van der Waals surface area contributed by atoms with Gasteiger partial charge < -0.3 is 0 Å². The molecule has 0 bridgehead atoms. The summed E-state index contributed by atoms with van der Waals surface area (Å²) in [5.74, 6) is 1.21. The Morgan fingerprint density at radius 1 is 0.596 bits per heavy atom. The molecular weight excluding hydrogens is 569 g/mol. The van der Waals surface area contributed by atoms with Gasteiger partial charge in [-0.3, -0.25) is 0 Å². The Morgan fingerprint density at radius 3 is 1.81 bits per heavy atom. The zero-order valence-corrected chi connectivity index (χ0v) is 29.5. The van der Waals surface area contributed by atoms with Gasteiger partial charge in [0.2, 0.25) is 0 Å². The number of hydrogen-bond donors (Lipinski definition) is 0. The molecule has 0 radical (unpaired) electrons. The molecule has 0 N–H and O–H groups in total. The van der Waals surface area contributed by atoms with E-state index in [1.165, 1.54) is 94.2 Å². The van der Waals surface area contributed by atoms with Crippen LogP contribution in [0.5, 0.6) is 0 Å². The van der Waals surface area contributed by atoms with E-state index in [2.05, 4.69) is 169 Å². The monoisotopic (exact) mass is 615 g/mol. The Morgan fingerprint density at radius 2 is 1.19 bits per heavy atom. The van der Waals surface area contributed by atoms with Crippen molar-refractivity contribution in [2.75, 3.05) is 0 Å². The number of para-hydroxylation sites is 1. The van der Waals surface area contributed by atoms with Gasteiger partial charge in [0.25, 0.3) is 5.82 Å². The number of benzene rings is 6. The van der Waals surface area contributed by atoms with Gasteiger partial charge in [0.05, 0.1) is 12.6 Å². The van der Waals surface area contributed by atoms with Gasteiger partial charge in [0.1, 0.15) is 5.69 Å². The molecule has 0 aliphatic carbocycles. The quantitative estimate of drug-likeness (QED) is 0.130. The smallest absolute Gasteiger partial charge is 0.225 e. The fraction of sp³-hybridized carbons (Fsp3) is 0.267. The van der Waals surface area contributed by atoms with Gasteiger partial charge in [0.15, 0.2) is 11.0 Å². The minimum Gasteiger partial charge on any atom is -0.225 e. The lowest BCUT2D eigenvalue weighted by Crippen LogP contribution is -2.31. The number of aromatic nitrogens is 2. The van der Waals surface area contributed by atoms with E-state index < -0.39 is 0 Å². The Labute approximate surface area is 280 Å². The third-order valence-electron chi connectivity index (χ3n) is 11.1. The predicted molar refractivity (Wildman–Crippen MR) is 202 cm³/mol. The summed E-state index contributed by atoms with van der Waals surface area (Å²) < 4.78 is 5.10. The average molecular weight is 616 g/mol. The van der Waals surface area contributed by atoms with Crippen LogP contribution in [-0.2, 0) is 12.5 Å². The highest BCUT2D eigenvalue weighted by Crippen LogP contribution is 2.48. The molecule has 0 aliphatic heterocycles. The molecule has 0 saturated heterocycles. The highest BCUT2D eigenvalue weighted by atomic mass is 15.2. The predicted octanol–water partition coefficient (Wildman–Crippen LogP) is 11.7. The average Bonchev–Trinajstić information content (AvgIpc) is 3.36.